The first-order valence-electron chi connectivity index (χ1n) is 5.90. The van der Waals surface area contributed by atoms with E-state index in [4.69, 9.17) is 23.2 Å². The first-order valence-corrected chi connectivity index (χ1v) is 6.66. The van der Waals surface area contributed by atoms with Crippen LogP contribution in [0.25, 0.3) is 0 Å². The lowest BCUT2D eigenvalue weighted by molar-refractivity contribution is -0.114. The molecule has 2 aromatic carbocycles. The summed E-state index contributed by atoms with van der Waals surface area (Å²) >= 11 is 11.6. The quantitative estimate of drug-likeness (QED) is 0.876. The van der Waals surface area contributed by atoms with Gasteiger partial charge in [-0.25, -0.2) is 8.78 Å². The van der Waals surface area contributed by atoms with Crippen molar-refractivity contribution in [3.63, 3.8) is 0 Å². The van der Waals surface area contributed by atoms with Crippen LogP contribution in [0, 0.1) is 11.6 Å². The molecule has 2 aromatic rings. The standard InChI is InChI=1S/C14H10Cl2F2N2O/c15-9-5-4-8(6-10(9)16)20-13(21)7-19-14-11(17)2-1-3-12(14)18/h1-6,19H,7H2,(H,20,21). The van der Waals surface area contributed by atoms with Crippen molar-refractivity contribution in [3.8, 4) is 0 Å². The predicted molar refractivity (Wildman–Crippen MR) is 79.9 cm³/mol. The summed E-state index contributed by atoms with van der Waals surface area (Å²) < 4.78 is 26.7. The normalized spacial score (nSPS) is 10.3. The Hall–Kier alpha value is -1.85. The van der Waals surface area contributed by atoms with Gasteiger partial charge in [0.1, 0.15) is 17.3 Å². The Kier molecular flexibility index (Phi) is 4.98. The van der Waals surface area contributed by atoms with Crippen LogP contribution < -0.4 is 10.6 Å². The summed E-state index contributed by atoms with van der Waals surface area (Å²) in [6, 6.07) is 8.01. The molecule has 0 bridgehead atoms. The minimum atomic E-state index is -0.766. The second-order valence-electron chi connectivity index (χ2n) is 4.13. The van der Waals surface area contributed by atoms with E-state index in [1.165, 1.54) is 18.2 Å². The molecule has 3 nitrogen and oxygen atoms in total. The largest absolute Gasteiger partial charge is 0.371 e. The van der Waals surface area contributed by atoms with E-state index in [1.807, 2.05) is 0 Å². The minimum absolute atomic E-state index is 0.294. The summed E-state index contributed by atoms with van der Waals surface area (Å²) in [5, 5.41) is 5.59. The number of halogens is 4. The molecule has 0 aliphatic heterocycles. The van der Waals surface area contributed by atoms with Crippen LogP contribution in [0.1, 0.15) is 0 Å². The van der Waals surface area contributed by atoms with Gasteiger partial charge in [-0.15, -0.1) is 0 Å². The number of hydrogen-bond donors (Lipinski definition) is 2. The summed E-state index contributed by atoms with van der Waals surface area (Å²) in [5.74, 6) is -2.01. The summed E-state index contributed by atoms with van der Waals surface area (Å²) in [6.07, 6.45) is 0. The lowest BCUT2D eigenvalue weighted by Gasteiger charge is -2.09. The molecule has 7 heteroatoms. The highest BCUT2D eigenvalue weighted by Gasteiger charge is 2.10. The van der Waals surface area contributed by atoms with Gasteiger partial charge >= 0.3 is 0 Å². The summed E-state index contributed by atoms with van der Waals surface area (Å²) in [4.78, 5) is 11.7. The van der Waals surface area contributed by atoms with Gasteiger partial charge in [0.25, 0.3) is 0 Å². The Balaban J connectivity index is 1.97. The number of anilines is 2. The Bertz CT molecular complexity index is 660. The SMILES string of the molecule is O=C(CNc1c(F)cccc1F)Nc1ccc(Cl)c(Cl)c1. The topological polar surface area (TPSA) is 41.1 Å². The van der Waals surface area contributed by atoms with Crippen LogP contribution in [0.4, 0.5) is 20.2 Å². The zero-order chi connectivity index (χ0) is 15.4. The van der Waals surface area contributed by atoms with Gasteiger partial charge in [-0.05, 0) is 30.3 Å². The molecule has 0 saturated carbocycles. The van der Waals surface area contributed by atoms with E-state index in [-0.39, 0.29) is 12.2 Å². The maximum atomic E-state index is 13.4. The van der Waals surface area contributed by atoms with Gasteiger partial charge in [0.15, 0.2) is 0 Å². The fraction of sp³-hybridized carbons (Fsp3) is 0.0714. The third-order valence-corrected chi connectivity index (χ3v) is 3.33. The molecule has 0 spiro atoms. The van der Waals surface area contributed by atoms with Crippen molar-refractivity contribution in [1.29, 1.82) is 0 Å². The van der Waals surface area contributed by atoms with Crippen molar-refractivity contribution in [2.45, 2.75) is 0 Å². The minimum Gasteiger partial charge on any atom is -0.371 e. The number of benzene rings is 2. The second kappa shape index (κ2) is 6.74. The lowest BCUT2D eigenvalue weighted by Crippen LogP contribution is -2.22. The van der Waals surface area contributed by atoms with E-state index in [0.29, 0.717) is 15.7 Å². The van der Waals surface area contributed by atoms with E-state index in [0.717, 1.165) is 12.1 Å². The average molecular weight is 331 g/mol. The molecule has 0 atom stereocenters. The van der Waals surface area contributed by atoms with E-state index in [2.05, 4.69) is 10.6 Å². The molecule has 0 heterocycles. The molecule has 110 valence electrons. The molecule has 0 aliphatic carbocycles. The van der Waals surface area contributed by atoms with Crippen LogP contribution in [0.3, 0.4) is 0 Å². The highest BCUT2D eigenvalue weighted by molar-refractivity contribution is 6.42. The van der Waals surface area contributed by atoms with Crippen molar-refractivity contribution in [2.75, 3.05) is 17.2 Å². The van der Waals surface area contributed by atoms with Crippen molar-refractivity contribution < 1.29 is 13.6 Å². The van der Waals surface area contributed by atoms with E-state index in [9.17, 15) is 13.6 Å². The lowest BCUT2D eigenvalue weighted by atomic mass is 10.3. The van der Waals surface area contributed by atoms with Gasteiger partial charge in [-0.3, -0.25) is 4.79 Å². The molecule has 0 unspecified atom stereocenters. The van der Waals surface area contributed by atoms with Gasteiger partial charge < -0.3 is 10.6 Å². The van der Waals surface area contributed by atoms with Gasteiger partial charge in [0, 0.05) is 5.69 Å². The van der Waals surface area contributed by atoms with Crippen molar-refractivity contribution >= 4 is 40.5 Å². The maximum Gasteiger partial charge on any atom is 0.243 e. The van der Waals surface area contributed by atoms with Crippen LogP contribution in [-0.4, -0.2) is 12.5 Å². The van der Waals surface area contributed by atoms with Crippen molar-refractivity contribution in [3.05, 3.63) is 58.1 Å². The highest BCUT2D eigenvalue weighted by atomic mass is 35.5. The van der Waals surface area contributed by atoms with Crippen LogP contribution in [-0.2, 0) is 4.79 Å². The van der Waals surface area contributed by atoms with Gasteiger partial charge in [0.2, 0.25) is 5.91 Å². The molecule has 2 rings (SSSR count). The maximum absolute atomic E-state index is 13.4. The third kappa shape index (κ3) is 4.06. The van der Waals surface area contributed by atoms with Gasteiger partial charge in [-0.1, -0.05) is 29.3 Å². The molecule has 0 radical (unpaired) electrons. The number of hydrogen-bond acceptors (Lipinski definition) is 2. The van der Waals surface area contributed by atoms with Gasteiger partial charge in [0.05, 0.1) is 16.6 Å². The number of nitrogens with one attached hydrogen (secondary N) is 2. The van der Waals surface area contributed by atoms with Crippen LogP contribution in [0.5, 0.6) is 0 Å². The first-order chi connectivity index (χ1) is 9.97. The van der Waals surface area contributed by atoms with Crippen LogP contribution in [0.2, 0.25) is 10.0 Å². The molecule has 21 heavy (non-hydrogen) atoms. The Morgan fingerprint density at radius 2 is 1.71 bits per heavy atom. The number of rotatable bonds is 4. The molecule has 1 amide bonds. The monoisotopic (exact) mass is 330 g/mol. The Labute approximate surface area is 129 Å². The Morgan fingerprint density at radius 3 is 2.33 bits per heavy atom. The highest BCUT2D eigenvalue weighted by Crippen LogP contribution is 2.25. The predicted octanol–water partition coefficient (Wildman–Crippen LogP) is 4.32. The molecule has 0 fully saturated rings. The molecular formula is C14H10Cl2F2N2O. The molecule has 0 aliphatic rings. The van der Waals surface area contributed by atoms with Crippen LogP contribution >= 0.6 is 23.2 Å². The summed E-state index contributed by atoms with van der Waals surface area (Å²) in [7, 11) is 0. The van der Waals surface area contributed by atoms with Crippen molar-refractivity contribution in [1.82, 2.24) is 0 Å². The third-order valence-electron chi connectivity index (χ3n) is 2.59. The summed E-state index contributed by atoms with van der Waals surface area (Å²) in [6.45, 7) is -0.294. The zero-order valence-electron chi connectivity index (χ0n) is 10.6. The molecule has 0 aromatic heterocycles. The van der Waals surface area contributed by atoms with Crippen molar-refractivity contribution in [2.24, 2.45) is 0 Å². The molecule has 2 N–H and O–H groups in total. The average Bonchev–Trinajstić information content (AvgIpc) is 2.42. The number of amides is 1. The Morgan fingerprint density at radius 1 is 1.05 bits per heavy atom. The number of carbonyl (C=O) groups is 1. The fourth-order valence-corrected chi connectivity index (χ4v) is 1.91. The number of para-hydroxylation sites is 1. The fourth-order valence-electron chi connectivity index (χ4n) is 1.61. The molecular weight excluding hydrogens is 321 g/mol. The second-order valence-corrected chi connectivity index (χ2v) is 4.94. The zero-order valence-corrected chi connectivity index (χ0v) is 12.1. The smallest absolute Gasteiger partial charge is 0.243 e. The van der Waals surface area contributed by atoms with Gasteiger partial charge in [-0.2, -0.15) is 0 Å². The first kappa shape index (κ1) is 15.5. The van der Waals surface area contributed by atoms with E-state index < -0.39 is 17.5 Å². The van der Waals surface area contributed by atoms with E-state index >= 15 is 0 Å². The van der Waals surface area contributed by atoms with Crippen LogP contribution in [0.15, 0.2) is 36.4 Å². The molecule has 0 saturated heterocycles. The summed E-state index contributed by atoms with van der Waals surface area (Å²) in [5.41, 5.74) is 0.0898. The van der Waals surface area contributed by atoms with E-state index in [1.54, 1.807) is 6.07 Å². The number of carbonyl (C=O) groups excluding carboxylic acids is 1.